The fourth-order valence-electron chi connectivity index (χ4n) is 2.37. The Balaban J connectivity index is 2.23. The first-order chi connectivity index (χ1) is 10.6. The van der Waals surface area contributed by atoms with E-state index in [0.29, 0.717) is 30.1 Å². The molecule has 22 heavy (non-hydrogen) atoms. The van der Waals surface area contributed by atoms with E-state index in [1.807, 2.05) is 66.4 Å². The van der Waals surface area contributed by atoms with Crippen molar-refractivity contribution >= 4 is 23.1 Å². The van der Waals surface area contributed by atoms with Crippen LogP contribution in [0, 0.1) is 0 Å². The molecule has 3 nitrogen and oxygen atoms in total. The molecule has 2 N–H and O–H groups in total. The van der Waals surface area contributed by atoms with Gasteiger partial charge in [0, 0.05) is 25.1 Å². The molecule has 114 valence electrons. The van der Waals surface area contributed by atoms with Gasteiger partial charge in [0.05, 0.1) is 4.99 Å². The average molecular weight is 312 g/mol. The van der Waals surface area contributed by atoms with Crippen molar-refractivity contribution in [2.24, 2.45) is 5.73 Å². The number of thiocarbonyl (C=S) groups is 1. The summed E-state index contributed by atoms with van der Waals surface area (Å²) in [5.41, 5.74) is 8.30. The van der Waals surface area contributed by atoms with E-state index in [9.17, 15) is 4.79 Å². The number of hydrogen-bond acceptors (Lipinski definition) is 2. The van der Waals surface area contributed by atoms with Crippen LogP contribution in [0.1, 0.15) is 28.4 Å². The molecule has 0 saturated carbocycles. The van der Waals surface area contributed by atoms with E-state index in [1.165, 1.54) is 0 Å². The summed E-state index contributed by atoms with van der Waals surface area (Å²) in [5, 5.41) is 0. The third-order valence-corrected chi connectivity index (χ3v) is 3.64. The SMILES string of the molecule is CCN(Cc1ccccc1)C(=O)c1ccccc1CC(N)=S. The minimum atomic E-state index is 0.0122. The highest BCUT2D eigenvalue weighted by atomic mass is 32.1. The zero-order chi connectivity index (χ0) is 15.9. The van der Waals surface area contributed by atoms with Crippen molar-refractivity contribution in [1.82, 2.24) is 4.90 Å². The molecule has 0 aliphatic carbocycles. The van der Waals surface area contributed by atoms with Gasteiger partial charge < -0.3 is 10.6 Å². The maximum atomic E-state index is 12.8. The molecule has 0 radical (unpaired) electrons. The zero-order valence-corrected chi connectivity index (χ0v) is 13.5. The van der Waals surface area contributed by atoms with Crippen LogP contribution >= 0.6 is 12.2 Å². The van der Waals surface area contributed by atoms with Crippen LogP contribution in [0.15, 0.2) is 54.6 Å². The number of carbonyl (C=O) groups is 1. The zero-order valence-electron chi connectivity index (χ0n) is 12.7. The highest BCUT2D eigenvalue weighted by Gasteiger charge is 2.17. The van der Waals surface area contributed by atoms with Gasteiger partial charge in [0.15, 0.2) is 0 Å². The van der Waals surface area contributed by atoms with E-state index in [-0.39, 0.29) is 5.91 Å². The van der Waals surface area contributed by atoms with E-state index in [2.05, 4.69) is 0 Å². The van der Waals surface area contributed by atoms with Crippen LogP contribution in [0.3, 0.4) is 0 Å². The lowest BCUT2D eigenvalue weighted by Crippen LogP contribution is -2.31. The fraction of sp³-hybridized carbons (Fsp3) is 0.222. The minimum absolute atomic E-state index is 0.0122. The summed E-state index contributed by atoms with van der Waals surface area (Å²) >= 11 is 4.98. The summed E-state index contributed by atoms with van der Waals surface area (Å²) in [5.74, 6) is 0.0122. The number of hydrogen-bond donors (Lipinski definition) is 1. The van der Waals surface area contributed by atoms with Gasteiger partial charge >= 0.3 is 0 Å². The quantitative estimate of drug-likeness (QED) is 0.833. The molecule has 4 heteroatoms. The molecule has 0 aliphatic rings. The third-order valence-electron chi connectivity index (χ3n) is 3.50. The minimum Gasteiger partial charge on any atom is -0.393 e. The largest absolute Gasteiger partial charge is 0.393 e. The number of amides is 1. The molecule has 0 bridgehead atoms. The molecule has 0 fully saturated rings. The number of rotatable bonds is 6. The van der Waals surface area contributed by atoms with Gasteiger partial charge in [0.1, 0.15) is 0 Å². The Bertz CT molecular complexity index is 655. The van der Waals surface area contributed by atoms with E-state index < -0.39 is 0 Å². The van der Waals surface area contributed by atoms with Gasteiger partial charge in [0.25, 0.3) is 5.91 Å². The molecule has 2 rings (SSSR count). The summed E-state index contributed by atoms with van der Waals surface area (Å²) in [6.45, 7) is 3.23. The standard InChI is InChI=1S/C18H20N2OS/c1-2-20(13-14-8-4-3-5-9-14)18(21)16-11-7-6-10-15(16)12-17(19)22/h3-11H,2,12-13H2,1H3,(H2,19,22). The smallest absolute Gasteiger partial charge is 0.254 e. The second kappa shape index (κ2) is 7.71. The van der Waals surface area contributed by atoms with E-state index in [4.69, 9.17) is 18.0 Å². The van der Waals surface area contributed by atoms with Crippen molar-refractivity contribution in [2.45, 2.75) is 19.9 Å². The van der Waals surface area contributed by atoms with Crippen LogP contribution in [0.2, 0.25) is 0 Å². The summed E-state index contributed by atoms with van der Waals surface area (Å²) in [7, 11) is 0. The Morgan fingerprint density at radius 1 is 1.09 bits per heavy atom. The van der Waals surface area contributed by atoms with Gasteiger partial charge in [-0.15, -0.1) is 0 Å². The molecule has 1 amide bonds. The molecule has 0 aliphatic heterocycles. The molecule has 0 aromatic heterocycles. The van der Waals surface area contributed by atoms with Crippen LogP contribution in [0.25, 0.3) is 0 Å². The van der Waals surface area contributed by atoms with Crippen LogP contribution < -0.4 is 5.73 Å². The molecule has 0 spiro atoms. The second-order valence-corrected chi connectivity index (χ2v) is 5.63. The Morgan fingerprint density at radius 3 is 2.36 bits per heavy atom. The number of benzene rings is 2. The van der Waals surface area contributed by atoms with Crippen LogP contribution in [-0.4, -0.2) is 22.3 Å². The normalized spacial score (nSPS) is 10.2. The van der Waals surface area contributed by atoms with E-state index in [1.54, 1.807) is 0 Å². The summed E-state index contributed by atoms with van der Waals surface area (Å²) in [6, 6.07) is 17.5. The number of nitrogens with two attached hydrogens (primary N) is 1. The van der Waals surface area contributed by atoms with Crippen molar-refractivity contribution in [3.8, 4) is 0 Å². The molecule has 2 aromatic carbocycles. The van der Waals surface area contributed by atoms with E-state index >= 15 is 0 Å². The van der Waals surface area contributed by atoms with Crippen LogP contribution in [0.5, 0.6) is 0 Å². The molecule has 2 aromatic rings. The van der Waals surface area contributed by atoms with Crippen LogP contribution in [-0.2, 0) is 13.0 Å². The topological polar surface area (TPSA) is 46.3 Å². The first-order valence-corrected chi connectivity index (χ1v) is 7.72. The van der Waals surface area contributed by atoms with Crippen molar-refractivity contribution in [1.29, 1.82) is 0 Å². The van der Waals surface area contributed by atoms with Crippen molar-refractivity contribution in [3.05, 3.63) is 71.3 Å². The summed E-state index contributed by atoms with van der Waals surface area (Å²) in [6.07, 6.45) is 0.445. The summed E-state index contributed by atoms with van der Waals surface area (Å²) < 4.78 is 0. The Hall–Kier alpha value is -2.20. The van der Waals surface area contributed by atoms with Gasteiger partial charge in [-0.25, -0.2) is 0 Å². The third kappa shape index (κ3) is 4.15. The predicted octanol–water partition coefficient (Wildman–Crippen LogP) is 3.18. The lowest BCUT2D eigenvalue weighted by Gasteiger charge is -2.22. The van der Waals surface area contributed by atoms with Gasteiger partial charge in [-0.3, -0.25) is 4.79 Å². The van der Waals surface area contributed by atoms with Gasteiger partial charge in [0.2, 0.25) is 0 Å². The summed E-state index contributed by atoms with van der Waals surface area (Å²) in [4.78, 5) is 15.0. The fourth-order valence-corrected chi connectivity index (χ4v) is 2.53. The monoisotopic (exact) mass is 312 g/mol. The van der Waals surface area contributed by atoms with Gasteiger partial charge in [-0.1, -0.05) is 60.7 Å². The van der Waals surface area contributed by atoms with Gasteiger partial charge in [-0.05, 0) is 24.1 Å². The highest BCUT2D eigenvalue weighted by Crippen LogP contribution is 2.15. The Kier molecular flexibility index (Phi) is 5.67. The predicted molar refractivity (Wildman–Crippen MR) is 93.8 cm³/mol. The molecule has 0 atom stereocenters. The molecule has 0 heterocycles. The molecule has 0 unspecified atom stereocenters. The van der Waals surface area contributed by atoms with E-state index in [0.717, 1.165) is 11.1 Å². The number of carbonyl (C=O) groups excluding carboxylic acids is 1. The Labute approximate surface area is 136 Å². The maximum Gasteiger partial charge on any atom is 0.254 e. The molecular weight excluding hydrogens is 292 g/mol. The lowest BCUT2D eigenvalue weighted by atomic mass is 10.0. The highest BCUT2D eigenvalue weighted by molar-refractivity contribution is 7.80. The first kappa shape index (κ1) is 16.2. The molecular formula is C18H20N2OS. The average Bonchev–Trinajstić information content (AvgIpc) is 2.53. The first-order valence-electron chi connectivity index (χ1n) is 7.31. The maximum absolute atomic E-state index is 12.8. The Morgan fingerprint density at radius 2 is 1.73 bits per heavy atom. The second-order valence-electron chi connectivity index (χ2n) is 5.11. The van der Waals surface area contributed by atoms with Gasteiger partial charge in [-0.2, -0.15) is 0 Å². The van der Waals surface area contributed by atoms with Crippen molar-refractivity contribution < 1.29 is 4.79 Å². The number of nitrogens with zero attached hydrogens (tertiary/aromatic N) is 1. The van der Waals surface area contributed by atoms with Crippen molar-refractivity contribution in [2.75, 3.05) is 6.54 Å². The van der Waals surface area contributed by atoms with Crippen molar-refractivity contribution in [3.63, 3.8) is 0 Å². The van der Waals surface area contributed by atoms with Crippen LogP contribution in [0.4, 0.5) is 0 Å². The molecule has 0 saturated heterocycles. The lowest BCUT2D eigenvalue weighted by molar-refractivity contribution is 0.0751.